The fraction of sp³-hybridized carbons (Fsp3) is 0.417. The average molecular weight is 374 g/mol. The van der Waals surface area contributed by atoms with E-state index in [-0.39, 0.29) is 11.2 Å². The lowest BCUT2D eigenvalue weighted by molar-refractivity contribution is 0.0680. The van der Waals surface area contributed by atoms with Gasteiger partial charge in [0.05, 0.1) is 18.7 Å². The summed E-state index contributed by atoms with van der Waals surface area (Å²) in [6.07, 6.45) is 4.83. The second-order valence-electron chi connectivity index (χ2n) is 8.20. The maximum Gasteiger partial charge on any atom is 0.163 e. The number of fused-ring (bicyclic) bond motifs is 1. The minimum absolute atomic E-state index is 0.129. The van der Waals surface area contributed by atoms with Crippen LogP contribution >= 0.6 is 0 Å². The van der Waals surface area contributed by atoms with Gasteiger partial charge < -0.3 is 9.64 Å². The Kier molecular flexibility index (Phi) is 5.19. The molecule has 1 saturated heterocycles. The number of methoxy groups -OCH3 is 1. The Bertz CT molecular complexity index is 903. The molecule has 2 aromatic rings. The van der Waals surface area contributed by atoms with Gasteiger partial charge in [0.1, 0.15) is 5.75 Å². The topological polar surface area (TPSA) is 53.3 Å². The SMILES string of the molecule is COc1ccc2c(c1)C(=O)CC1(CCN(CCc3ccc(C#N)cc3)CC1)C2. The highest BCUT2D eigenvalue weighted by Gasteiger charge is 2.40. The molecule has 4 heteroatoms. The highest BCUT2D eigenvalue weighted by Crippen LogP contribution is 2.44. The normalized spacial score (nSPS) is 18.5. The van der Waals surface area contributed by atoms with Crippen LogP contribution in [0.25, 0.3) is 0 Å². The van der Waals surface area contributed by atoms with Crippen LogP contribution in [0.15, 0.2) is 42.5 Å². The van der Waals surface area contributed by atoms with E-state index in [2.05, 4.69) is 29.2 Å². The van der Waals surface area contributed by atoms with Crippen molar-refractivity contribution in [3.05, 3.63) is 64.7 Å². The highest BCUT2D eigenvalue weighted by molar-refractivity contribution is 5.99. The number of benzene rings is 2. The number of ketones is 1. The molecular formula is C24H26N2O2. The number of hydrogen-bond acceptors (Lipinski definition) is 4. The number of ether oxygens (including phenoxy) is 1. The lowest BCUT2D eigenvalue weighted by atomic mass is 9.66. The molecule has 1 aliphatic carbocycles. The third-order valence-electron chi connectivity index (χ3n) is 6.43. The number of carbonyl (C=O) groups is 1. The molecule has 1 heterocycles. The zero-order valence-electron chi connectivity index (χ0n) is 16.4. The third-order valence-corrected chi connectivity index (χ3v) is 6.43. The molecule has 2 aliphatic rings. The van der Waals surface area contributed by atoms with Crippen molar-refractivity contribution in [3.63, 3.8) is 0 Å². The van der Waals surface area contributed by atoms with E-state index in [1.165, 1.54) is 11.1 Å². The van der Waals surface area contributed by atoms with Crippen molar-refractivity contribution < 1.29 is 9.53 Å². The van der Waals surface area contributed by atoms with Crippen LogP contribution in [0.3, 0.4) is 0 Å². The first-order chi connectivity index (χ1) is 13.6. The van der Waals surface area contributed by atoms with E-state index in [0.717, 1.165) is 56.6 Å². The number of piperidine rings is 1. The molecule has 2 aromatic carbocycles. The molecule has 0 saturated carbocycles. The van der Waals surface area contributed by atoms with Crippen LogP contribution in [-0.4, -0.2) is 37.4 Å². The van der Waals surface area contributed by atoms with Crippen LogP contribution < -0.4 is 4.74 Å². The van der Waals surface area contributed by atoms with Gasteiger partial charge in [0.2, 0.25) is 0 Å². The fourth-order valence-corrected chi connectivity index (χ4v) is 4.64. The predicted octanol–water partition coefficient (Wildman–Crippen LogP) is 4.02. The summed E-state index contributed by atoms with van der Waals surface area (Å²) in [6, 6.07) is 16.0. The van der Waals surface area contributed by atoms with E-state index in [1.54, 1.807) is 7.11 Å². The van der Waals surface area contributed by atoms with Crippen molar-refractivity contribution in [2.24, 2.45) is 5.41 Å². The molecule has 0 radical (unpaired) electrons. The van der Waals surface area contributed by atoms with Gasteiger partial charge in [-0.1, -0.05) is 18.2 Å². The largest absolute Gasteiger partial charge is 0.497 e. The Hall–Kier alpha value is -2.64. The van der Waals surface area contributed by atoms with Gasteiger partial charge in [-0.25, -0.2) is 0 Å². The number of nitriles is 1. The van der Waals surface area contributed by atoms with Gasteiger partial charge in [-0.3, -0.25) is 4.79 Å². The zero-order chi connectivity index (χ0) is 19.6. The predicted molar refractivity (Wildman–Crippen MR) is 109 cm³/mol. The Morgan fingerprint density at radius 1 is 1.11 bits per heavy atom. The molecule has 144 valence electrons. The molecule has 4 rings (SSSR count). The molecule has 0 unspecified atom stereocenters. The quantitative estimate of drug-likeness (QED) is 0.811. The van der Waals surface area contributed by atoms with Crippen molar-refractivity contribution in [1.29, 1.82) is 5.26 Å². The highest BCUT2D eigenvalue weighted by atomic mass is 16.5. The van der Waals surface area contributed by atoms with E-state index >= 15 is 0 Å². The Labute approximate surface area is 166 Å². The Balaban J connectivity index is 1.35. The number of Topliss-reactive ketones (excluding diaryl/α,β-unsaturated/α-hetero) is 1. The zero-order valence-corrected chi connectivity index (χ0v) is 16.4. The summed E-state index contributed by atoms with van der Waals surface area (Å²) in [4.78, 5) is 15.3. The molecule has 0 bridgehead atoms. The molecule has 0 aromatic heterocycles. The van der Waals surface area contributed by atoms with E-state index in [9.17, 15) is 4.79 Å². The van der Waals surface area contributed by atoms with Gasteiger partial charge in [-0.2, -0.15) is 5.26 Å². The van der Waals surface area contributed by atoms with Crippen LogP contribution in [0.1, 0.15) is 46.3 Å². The Morgan fingerprint density at radius 3 is 2.54 bits per heavy atom. The molecular weight excluding hydrogens is 348 g/mol. The standard InChI is InChI=1S/C24H26N2O2/c1-28-21-7-6-20-15-24(16-23(27)22(20)14-21)9-12-26(13-10-24)11-8-18-2-4-19(17-25)5-3-18/h2-7,14H,8-13,15-16H2,1H3. The Morgan fingerprint density at radius 2 is 1.86 bits per heavy atom. The van der Waals surface area contributed by atoms with Crippen LogP contribution in [0.2, 0.25) is 0 Å². The second-order valence-corrected chi connectivity index (χ2v) is 8.20. The number of carbonyl (C=O) groups excluding carboxylic acids is 1. The van der Waals surface area contributed by atoms with Gasteiger partial charge in [0.25, 0.3) is 0 Å². The van der Waals surface area contributed by atoms with Crippen molar-refractivity contribution in [2.45, 2.75) is 32.1 Å². The number of nitrogens with zero attached hydrogens (tertiary/aromatic N) is 2. The second kappa shape index (κ2) is 7.77. The first kappa shape index (κ1) is 18.7. The average Bonchev–Trinajstić information content (AvgIpc) is 2.73. The van der Waals surface area contributed by atoms with Crippen LogP contribution in [0, 0.1) is 16.7 Å². The molecule has 28 heavy (non-hydrogen) atoms. The smallest absolute Gasteiger partial charge is 0.163 e. The molecule has 1 spiro atoms. The monoisotopic (exact) mass is 374 g/mol. The molecule has 0 amide bonds. The first-order valence-electron chi connectivity index (χ1n) is 10.0. The van der Waals surface area contributed by atoms with Gasteiger partial charge in [-0.05, 0) is 79.6 Å². The maximum atomic E-state index is 12.8. The van der Waals surface area contributed by atoms with Crippen LogP contribution in [-0.2, 0) is 12.8 Å². The molecule has 0 N–H and O–H groups in total. The molecule has 0 atom stereocenters. The van der Waals surface area contributed by atoms with Gasteiger partial charge >= 0.3 is 0 Å². The lowest BCUT2D eigenvalue weighted by Crippen LogP contribution is -2.44. The number of likely N-dealkylation sites (tertiary alicyclic amines) is 1. The van der Waals surface area contributed by atoms with Crippen LogP contribution in [0.5, 0.6) is 5.75 Å². The van der Waals surface area contributed by atoms with Crippen molar-refractivity contribution in [1.82, 2.24) is 4.90 Å². The summed E-state index contributed by atoms with van der Waals surface area (Å²) in [7, 11) is 1.64. The summed E-state index contributed by atoms with van der Waals surface area (Å²) in [5.41, 5.74) is 4.15. The van der Waals surface area contributed by atoms with E-state index in [1.807, 2.05) is 24.3 Å². The van der Waals surface area contributed by atoms with Crippen molar-refractivity contribution in [3.8, 4) is 11.8 Å². The summed E-state index contributed by atoms with van der Waals surface area (Å²) in [6.45, 7) is 3.13. The maximum absolute atomic E-state index is 12.8. The minimum Gasteiger partial charge on any atom is -0.497 e. The molecule has 4 nitrogen and oxygen atoms in total. The lowest BCUT2D eigenvalue weighted by Gasteiger charge is -2.44. The van der Waals surface area contributed by atoms with Crippen molar-refractivity contribution in [2.75, 3.05) is 26.7 Å². The summed E-state index contributed by atoms with van der Waals surface area (Å²) < 4.78 is 5.28. The van der Waals surface area contributed by atoms with Crippen molar-refractivity contribution >= 4 is 5.78 Å². The summed E-state index contributed by atoms with van der Waals surface area (Å²) >= 11 is 0. The summed E-state index contributed by atoms with van der Waals surface area (Å²) in [5, 5.41) is 8.90. The van der Waals surface area contributed by atoms with E-state index in [4.69, 9.17) is 10.00 Å². The van der Waals surface area contributed by atoms with E-state index < -0.39 is 0 Å². The van der Waals surface area contributed by atoms with Gasteiger partial charge in [0.15, 0.2) is 5.78 Å². The minimum atomic E-state index is 0.129. The molecule has 1 aliphatic heterocycles. The number of rotatable bonds is 4. The van der Waals surface area contributed by atoms with E-state index in [0.29, 0.717) is 12.0 Å². The van der Waals surface area contributed by atoms with Crippen LogP contribution in [0.4, 0.5) is 0 Å². The van der Waals surface area contributed by atoms with Gasteiger partial charge in [0, 0.05) is 18.5 Å². The summed E-state index contributed by atoms with van der Waals surface area (Å²) in [5.74, 6) is 1.03. The molecule has 1 fully saturated rings. The van der Waals surface area contributed by atoms with Gasteiger partial charge in [-0.15, -0.1) is 0 Å². The fourth-order valence-electron chi connectivity index (χ4n) is 4.64. The number of hydrogen-bond donors (Lipinski definition) is 0. The third kappa shape index (κ3) is 3.81. The first-order valence-corrected chi connectivity index (χ1v) is 10.0.